The van der Waals surface area contributed by atoms with Crippen molar-refractivity contribution in [1.29, 1.82) is 0 Å². The number of nitrogens with one attached hydrogen (secondary N) is 1. The van der Waals surface area contributed by atoms with Gasteiger partial charge in [0.2, 0.25) is 0 Å². The van der Waals surface area contributed by atoms with Crippen LogP contribution >= 0.6 is 0 Å². The zero-order valence-corrected chi connectivity index (χ0v) is 12.0. The average molecular weight is 301 g/mol. The van der Waals surface area contributed by atoms with Crippen molar-refractivity contribution >= 4 is 11.7 Å². The third-order valence-electron chi connectivity index (χ3n) is 3.26. The number of carbonyl (C=O) groups is 2. The minimum absolute atomic E-state index is 0.0310. The highest BCUT2D eigenvalue weighted by Crippen LogP contribution is 2.14. The van der Waals surface area contributed by atoms with Gasteiger partial charge in [0, 0.05) is 12.1 Å². The van der Waals surface area contributed by atoms with E-state index < -0.39 is 17.8 Å². The Morgan fingerprint density at radius 3 is 2.27 bits per heavy atom. The molecule has 0 saturated heterocycles. The highest BCUT2D eigenvalue weighted by atomic mass is 19.1. The van der Waals surface area contributed by atoms with Gasteiger partial charge in [0.1, 0.15) is 5.82 Å². The molecule has 2 aromatic rings. The zero-order valence-electron chi connectivity index (χ0n) is 12.0. The summed E-state index contributed by atoms with van der Waals surface area (Å²) < 4.78 is 12.8. The molecule has 22 heavy (non-hydrogen) atoms. The highest BCUT2D eigenvalue weighted by molar-refractivity contribution is 6.07. The molecule has 5 heteroatoms. The second-order valence-electron chi connectivity index (χ2n) is 4.88. The van der Waals surface area contributed by atoms with Gasteiger partial charge in [-0.15, -0.1) is 0 Å². The van der Waals surface area contributed by atoms with Crippen molar-refractivity contribution < 1.29 is 19.1 Å². The predicted octanol–water partition coefficient (Wildman–Crippen LogP) is 2.49. The molecular formula is C17H16FNO3. The van der Waals surface area contributed by atoms with Crippen LogP contribution in [0.1, 0.15) is 39.3 Å². The lowest BCUT2D eigenvalue weighted by Gasteiger charge is -2.13. The van der Waals surface area contributed by atoms with Crippen molar-refractivity contribution in [3.8, 4) is 0 Å². The number of carbonyl (C=O) groups excluding carboxylic acids is 2. The molecule has 2 N–H and O–H groups in total. The lowest BCUT2D eigenvalue weighted by molar-refractivity contribution is 0.0906. The minimum Gasteiger partial charge on any atom is -0.387 e. The summed E-state index contributed by atoms with van der Waals surface area (Å²) >= 11 is 0. The van der Waals surface area contributed by atoms with Gasteiger partial charge in [-0.25, -0.2) is 4.39 Å². The van der Waals surface area contributed by atoms with Gasteiger partial charge in [0.25, 0.3) is 5.91 Å². The molecule has 1 atom stereocenters. The van der Waals surface area contributed by atoms with E-state index >= 15 is 0 Å². The van der Waals surface area contributed by atoms with Gasteiger partial charge in [-0.2, -0.15) is 0 Å². The number of benzene rings is 2. The normalized spacial score (nSPS) is 11.8. The molecule has 1 amide bonds. The van der Waals surface area contributed by atoms with E-state index in [1.807, 2.05) is 0 Å². The van der Waals surface area contributed by atoms with Crippen molar-refractivity contribution in [2.24, 2.45) is 0 Å². The first kappa shape index (κ1) is 15.9. The van der Waals surface area contributed by atoms with Gasteiger partial charge >= 0.3 is 0 Å². The fraction of sp³-hybridized carbons (Fsp3) is 0.176. The minimum atomic E-state index is -0.950. The third kappa shape index (κ3) is 3.77. The topological polar surface area (TPSA) is 66.4 Å². The number of ketones is 1. The van der Waals surface area contributed by atoms with Crippen LogP contribution < -0.4 is 5.32 Å². The molecule has 1 unspecified atom stereocenters. The average Bonchev–Trinajstić information content (AvgIpc) is 2.53. The summed E-state index contributed by atoms with van der Waals surface area (Å²) in [6, 6.07) is 11.9. The number of hydrogen-bond donors (Lipinski definition) is 2. The fourth-order valence-electron chi connectivity index (χ4n) is 2.08. The summed E-state index contributed by atoms with van der Waals surface area (Å²) in [4.78, 5) is 23.6. The standard InChI is InChI=1S/C17H16FNO3/c1-11(20)14-4-2-3-5-15(14)17(22)19-10-16(21)12-6-8-13(18)9-7-12/h2-9,16,21H,10H2,1H3,(H,19,22). The first-order valence-electron chi connectivity index (χ1n) is 6.80. The van der Waals surface area contributed by atoms with Crippen LogP contribution in [0.25, 0.3) is 0 Å². The summed E-state index contributed by atoms with van der Waals surface area (Å²) in [5.74, 6) is -1.04. The number of rotatable bonds is 5. The van der Waals surface area contributed by atoms with Gasteiger partial charge in [0.05, 0.1) is 11.7 Å². The van der Waals surface area contributed by atoms with Crippen LogP contribution in [0, 0.1) is 5.82 Å². The summed E-state index contributed by atoms with van der Waals surface area (Å²) in [7, 11) is 0. The number of aliphatic hydroxyl groups excluding tert-OH is 1. The molecule has 0 aliphatic carbocycles. The Hall–Kier alpha value is -2.53. The Morgan fingerprint density at radius 1 is 1.09 bits per heavy atom. The SMILES string of the molecule is CC(=O)c1ccccc1C(=O)NCC(O)c1ccc(F)cc1. The van der Waals surface area contributed by atoms with Crippen LogP contribution in [0.5, 0.6) is 0 Å². The maximum absolute atomic E-state index is 12.8. The maximum atomic E-state index is 12.8. The highest BCUT2D eigenvalue weighted by Gasteiger charge is 2.15. The molecule has 0 heterocycles. The Morgan fingerprint density at radius 2 is 1.68 bits per heavy atom. The number of halogens is 1. The molecule has 0 fully saturated rings. The largest absolute Gasteiger partial charge is 0.387 e. The van der Waals surface area contributed by atoms with Crippen molar-refractivity contribution in [2.45, 2.75) is 13.0 Å². The molecule has 4 nitrogen and oxygen atoms in total. The Balaban J connectivity index is 2.04. The van der Waals surface area contributed by atoms with E-state index in [9.17, 15) is 19.1 Å². The number of hydrogen-bond acceptors (Lipinski definition) is 3. The van der Waals surface area contributed by atoms with Gasteiger partial charge < -0.3 is 10.4 Å². The van der Waals surface area contributed by atoms with E-state index in [0.717, 1.165) is 0 Å². The molecule has 0 aliphatic rings. The monoisotopic (exact) mass is 301 g/mol. The summed E-state index contributed by atoms with van der Waals surface area (Å²) in [6.07, 6.45) is -0.950. The Labute approximate surface area is 127 Å². The fourth-order valence-corrected chi connectivity index (χ4v) is 2.08. The zero-order chi connectivity index (χ0) is 16.1. The van der Waals surface area contributed by atoms with Crippen LogP contribution in [-0.2, 0) is 0 Å². The molecule has 0 aliphatic heterocycles. The van der Waals surface area contributed by atoms with Crippen molar-refractivity contribution in [2.75, 3.05) is 6.54 Å². The molecule has 2 aromatic carbocycles. The first-order chi connectivity index (χ1) is 10.5. The van der Waals surface area contributed by atoms with E-state index in [4.69, 9.17) is 0 Å². The van der Waals surface area contributed by atoms with Crippen LogP contribution in [0.15, 0.2) is 48.5 Å². The predicted molar refractivity (Wildman–Crippen MR) is 80.1 cm³/mol. The number of Topliss-reactive ketones (excluding diaryl/α,β-unsaturated/α-hetero) is 1. The van der Waals surface area contributed by atoms with Crippen molar-refractivity contribution in [3.63, 3.8) is 0 Å². The lowest BCUT2D eigenvalue weighted by atomic mass is 10.0. The number of amides is 1. The Kier molecular flexibility index (Phi) is 5.01. The van der Waals surface area contributed by atoms with Crippen LogP contribution in [0.2, 0.25) is 0 Å². The molecule has 0 radical (unpaired) electrons. The molecule has 0 bridgehead atoms. The smallest absolute Gasteiger partial charge is 0.252 e. The van der Waals surface area contributed by atoms with Gasteiger partial charge in [-0.3, -0.25) is 9.59 Å². The number of aliphatic hydroxyl groups is 1. The lowest BCUT2D eigenvalue weighted by Crippen LogP contribution is -2.29. The molecule has 0 saturated carbocycles. The van der Waals surface area contributed by atoms with Crippen LogP contribution in [-0.4, -0.2) is 23.3 Å². The van der Waals surface area contributed by atoms with Crippen LogP contribution in [0.4, 0.5) is 4.39 Å². The summed E-state index contributed by atoms with van der Waals surface area (Å²) in [5.41, 5.74) is 1.10. The summed E-state index contributed by atoms with van der Waals surface area (Å²) in [5, 5.41) is 12.6. The molecular weight excluding hydrogens is 285 g/mol. The van der Waals surface area contributed by atoms with Crippen LogP contribution in [0.3, 0.4) is 0 Å². The quantitative estimate of drug-likeness (QED) is 0.834. The van der Waals surface area contributed by atoms with E-state index in [2.05, 4.69) is 5.32 Å². The molecule has 114 valence electrons. The van der Waals surface area contributed by atoms with E-state index in [1.54, 1.807) is 24.3 Å². The second kappa shape index (κ2) is 6.95. The van der Waals surface area contributed by atoms with E-state index in [-0.39, 0.29) is 17.9 Å². The van der Waals surface area contributed by atoms with Crippen molar-refractivity contribution in [1.82, 2.24) is 5.32 Å². The van der Waals surface area contributed by atoms with Crippen molar-refractivity contribution in [3.05, 3.63) is 71.0 Å². The third-order valence-corrected chi connectivity index (χ3v) is 3.26. The Bertz CT molecular complexity index is 683. The second-order valence-corrected chi connectivity index (χ2v) is 4.88. The maximum Gasteiger partial charge on any atom is 0.252 e. The van der Waals surface area contributed by atoms with Gasteiger partial charge in [-0.05, 0) is 30.7 Å². The summed E-state index contributed by atoms with van der Waals surface area (Å²) in [6.45, 7) is 1.36. The van der Waals surface area contributed by atoms with Gasteiger partial charge in [-0.1, -0.05) is 30.3 Å². The first-order valence-corrected chi connectivity index (χ1v) is 6.80. The van der Waals surface area contributed by atoms with E-state index in [0.29, 0.717) is 11.1 Å². The van der Waals surface area contributed by atoms with E-state index in [1.165, 1.54) is 31.2 Å². The molecule has 2 rings (SSSR count). The van der Waals surface area contributed by atoms with Gasteiger partial charge in [0.15, 0.2) is 5.78 Å². The molecule has 0 aromatic heterocycles. The molecule has 0 spiro atoms.